The summed E-state index contributed by atoms with van der Waals surface area (Å²) in [5.74, 6) is 2.21. The first kappa shape index (κ1) is 44.9. The monoisotopic (exact) mass is 850 g/mol. The molecule has 1 aliphatic rings. The number of Topliss-reactive ketones (excluding diaryl/α,β-unsaturated/α-hetero) is 1. The van der Waals surface area contributed by atoms with Gasteiger partial charge >= 0.3 is 5.97 Å². The number of hydrogen-bond donors (Lipinski definition) is 1. The van der Waals surface area contributed by atoms with Crippen molar-refractivity contribution in [2.24, 2.45) is 0 Å². The van der Waals surface area contributed by atoms with Gasteiger partial charge in [-0.1, -0.05) is 60.7 Å². The van der Waals surface area contributed by atoms with E-state index >= 15 is 0 Å². The molecule has 0 fully saturated rings. The van der Waals surface area contributed by atoms with E-state index in [1.165, 1.54) is 52.7 Å². The molecule has 0 saturated heterocycles. The van der Waals surface area contributed by atoms with E-state index in [1.807, 2.05) is 129 Å². The van der Waals surface area contributed by atoms with Crippen LogP contribution in [0.15, 0.2) is 160 Å². The minimum absolute atomic E-state index is 0.00906. The average molecular weight is 851 g/mol. The summed E-state index contributed by atoms with van der Waals surface area (Å²) in [5.41, 5.74) is 4.70. The molecule has 0 spiro atoms. The van der Waals surface area contributed by atoms with Gasteiger partial charge in [0.1, 0.15) is 28.3 Å². The van der Waals surface area contributed by atoms with Gasteiger partial charge in [0.05, 0.1) is 45.0 Å². The molecule has 1 heterocycles. The van der Waals surface area contributed by atoms with Crippen molar-refractivity contribution < 1.29 is 38.0 Å². The van der Waals surface area contributed by atoms with Crippen molar-refractivity contribution in [3.05, 3.63) is 179 Å². The van der Waals surface area contributed by atoms with Crippen LogP contribution < -0.4 is 14.2 Å². The Kier molecular flexibility index (Phi) is 17.4. The molecule has 1 N–H and O–H groups in total. The highest BCUT2D eigenvalue weighted by Crippen LogP contribution is 2.53. The van der Waals surface area contributed by atoms with Crippen LogP contribution in [0.1, 0.15) is 56.1 Å². The summed E-state index contributed by atoms with van der Waals surface area (Å²) in [4.78, 5) is 27.4. The lowest BCUT2D eigenvalue weighted by Gasteiger charge is -2.15. The molecule has 59 heavy (non-hydrogen) atoms. The van der Waals surface area contributed by atoms with E-state index in [0.29, 0.717) is 17.9 Å². The molecule has 0 radical (unpaired) electrons. The van der Waals surface area contributed by atoms with Gasteiger partial charge in [-0.15, -0.1) is 35.3 Å². The molecule has 11 heteroatoms. The summed E-state index contributed by atoms with van der Waals surface area (Å²) < 4.78 is 33.4. The van der Waals surface area contributed by atoms with Gasteiger partial charge in [-0.3, -0.25) is 9.59 Å². The number of carbonyl (C=O) groups is 2. The maximum absolute atomic E-state index is 12.8. The van der Waals surface area contributed by atoms with Gasteiger partial charge in [0.2, 0.25) is 0 Å². The molecule has 6 aromatic rings. The Morgan fingerprint density at radius 3 is 1.93 bits per heavy atom. The molecule has 0 saturated carbocycles. The molecule has 0 aliphatic carbocycles. The minimum atomic E-state index is -0.431. The van der Waals surface area contributed by atoms with Crippen molar-refractivity contribution in [1.82, 2.24) is 0 Å². The highest BCUT2D eigenvalue weighted by atomic mass is 32.2. The van der Waals surface area contributed by atoms with Crippen LogP contribution in [0.4, 0.5) is 4.39 Å². The number of ether oxygens (including phenoxy) is 4. The first-order valence-corrected chi connectivity index (χ1v) is 21.5. The Bertz CT molecular complexity index is 2240. The second kappa shape index (κ2) is 22.8. The quantitative estimate of drug-likeness (QED) is 0.0688. The molecule has 0 amide bonds. The standard InChI is InChI=1S/C17H18O3S.C16H15FO2S.C15H14O2S/c1-3-20-17(18)16(13-7-5-4-6-8-13)21-15-11-9-14(19-2)10-12-15;1-11-9-14(19-2)7-8-16(11)20-10-15(18)12-3-5-13(17)6-4-12;1-17-11-8-6-10(7-9-11)15-14(16)12-4-2-3-5-13(12)18-15/h4-12,16H,3H2,1-2H3;3-9H,10H2,1-2H3;2-9,14-16H,1H3. The van der Waals surface area contributed by atoms with E-state index in [4.69, 9.17) is 18.9 Å². The van der Waals surface area contributed by atoms with Gasteiger partial charge in [0.15, 0.2) is 5.78 Å². The fraction of sp³-hybridized carbons (Fsp3) is 0.208. The topological polar surface area (TPSA) is 91.3 Å². The van der Waals surface area contributed by atoms with Crippen LogP contribution >= 0.6 is 35.3 Å². The number of esters is 1. The largest absolute Gasteiger partial charge is 0.497 e. The first-order valence-electron chi connectivity index (χ1n) is 18.8. The van der Waals surface area contributed by atoms with Crippen LogP contribution in [0.3, 0.4) is 0 Å². The smallest absolute Gasteiger partial charge is 0.323 e. The second-order valence-electron chi connectivity index (χ2n) is 13.0. The SMILES string of the molecule is CCOC(=O)C(Sc1ccc(OC)cc1)c1ccccc1.COc1ccc(C2Sc3ccccc3C2O)cc1.COc1ccc(SCC(=O)c2ccc(F)cc2)c(C)c1. The molecule has 0 bridgehead atoms. The molecule has 6 aromatic carbocycles. The van der Waals surface area contributed by atoms with Crippen molar-refractivity contribution >= 4 is 47.0 Å². The Morgan fingerprint density at radius 2 is 1.34 bits per heavy atom. The Morgan fingerprint density at radius 1 is 0.746 bits per heavy atom. The number of aliphatic hydroxyl groups is 1. The third-order valence-electron chi connectivity index (χ3n) is 9.05. The summed E-state index contributed by atoms with van der Waals surface area (Å²) in [7, 11) is 4.91. The fourth-order valence-corrected chi connectivity index (χ4v) is 9.15. The van der Waals surface area contributed by atoms with Crippen molar-refractivity contribution in [3.8, 4) is 17.2 Å². The number of carbonyl (C=O) groups excluding carboxylic acids is 2. The zero-order chi connectivity index (χ0) is 42.1. The normalized spacial score (nSPS) is 14.3. The number of halogens is 1. The molecule has 3 atom stereocenters. The van der Waals surface area contributed by atoms with E-state index in [1.54, 1.807) is 33.1 Å². The van der Waals surface area contributed by atoms with Crippen LogP contribution in [0.5, 0.6) is 17.2 Å². The third-order valence-corrected chi connectivity index (χ3v) is 12.9. The Labute approximate surface area is 358 Å². The van der Waals surface area contributed by atoms with Gasteiger partial charge in [-0.05, 0) is 121 Å². The van der Waals surface area contributed by atoms with Crippen LogP contribution in [-0.4, -0.2) is 50.5 Å². The number of aliphatic hydroxyl groups excluding tert-OH is 1. The van der Waals surface area contributed by atoms with Gasteiger partial charge in [0.25, 0.3) is 0 Å². The number of methoxy groups -OCH3 is 3. The van der Waals surface area contributed by atoms with E-state index in [0.717, 1.165) is 49.3 Å². The lowest BCUT2D eigenvalue weighted by Crippen LogP contribution is -2.13. The molecule has 3 unspecified atom stereocenters. The van der Waals surface area contributed by atoms with E-state index < -0.39 is 6.10 Å². The summed E-state index contributed by atoms with van der Waals surface area (Å²) >= 11 is 4.67. The van der Waals surface area contributed by atoms with Crippen LogP contribution in [-0.2, 0) is 9.53 Å². The number of aryl methyl sites for hydroxylation is 1. The summed E-state index contributed by atoms with van der Waals surface area (Å²) in [6.45, 7) is 4.18. The van der Waals surface area contributed by atoms with Crippen LogP contribution in [0, 0.1) is 12.7 Å². The predicted octanol–water partition coefficient (Wildman–Crippen LogP) is 11.8. The molecular weight excluding hydrogens is 804 g/mol. The molecule has 0 aromatic heterocycles. The van der Waals surface area contributed by atoms with Crippen LogP contribution in [0.2, 0.25) is 0 Å². The number of ketones is 1. The lowest BCUT2D eigenvalue weighted by molar-refractivity contribution is -0.142. The highest BCUT2D eigenvalue weighted by Gasteiger charge is 2.32. The Balaban J connectivity index is 0.000000169. The highest BCUT2D eigenvalue weighted by molar-refractivity contribution is 8.00. The van der Waals surface area contributed by atoms with Crippen LogP contribution in [0.25, 0.3) is 0 Å². The number of fused-ring (bicyclic) bond motifs is 1. The van der Waals surface area contributed by atoms with E-state index in [-0.39, 0.29) is 28.1 Å². The Hall–Kier alpha value is -5.20. The zero-order valence-corrected chi connectivity index (χ0v) is 36.0. The maximum Gasteiger partial charge on any atom is 0.323 e. The van der Waals surface area contributed by atoms with Crippen molar-refractivity contribution in [3.63, 3.8) is 0 Å². The molecule has 1 aliphatic heterocycles. The predicted molar refractivity (Wildman–Crippen MR) is 237 cm³/mol. The third kappa shape index (κ3) is 12.9. The number of rotatable bonds is 13. The fourth-order valence-electron chi connectivity index (χ4n) is 5.90. The summed E-state index contributed by atoms with van der Waals surface area (Å²) in [5, 5.41) is 10.1. The van der Waals surface area contributed by atoms with E-state index in [9.17, 15) is 19.1 Å². The second-order valence-corrected chi connectivity index (χ2v) is 16.4. The van der Waals surface area contributed by atoms with E-state index in [2.05, 4.69) is 6.07 Å². The summed E-state index contributed by atoms with van der Waals surface area (Å²) in [6.07, 6.45) is -0.431. The van der Waals surface area contributed by atoms with Crippen molar-refractivity contribution in [2.75, 3.05) is 33.7 Å². The maximum atomic E-state index is 12.8. The molecule has 306 valence electrons. The van der Waals surface area contributed by atoms with Crippen molar-refractivity contribution in [1.29, 1.82) is 0 Å². The van der Waals surface area contributed by atoms with Crippen molar-refractivity contribution in [2.45, 2.75) is 45.1 Å². The van der Waals surface area contributed by atoms with Gasteiger partial charge < -0.3 is 24.1 Å². The van der Waals surface area contributed by atoms with Gasteiger partial charge in [0, 0.05) is 20.2 Å². The molecule has 7 nitrogen and oxygen atoms in total. The number of hydrogen-bond acceptors (Lipinski definition) is 10. The first-order chi connectivity index (χ1) is 28.6. The average Bonchev–Trinajstić information content (AvgIpc) is 3.62. The van der Waals surface area contributed by atoms with Gasteiger partial charge in [-0.25, -0.2) is 4.39 Å². The lowest BCUT2D eigenvalue weighted by atomic mass is 10.0. The summed E-state index contributed by atoms with van der Waals surface area (Å²) in [6, 6.07) is 44.7. The number of benzene rings is 6. The molecular formula is C48H47FO7S3. The minimum Gasteiger partial charge on any atom is -0.497 e. The van der Waals surface area contributed by atoms with Gasteiger partial charge in [-0.2, -0.15) is 0 Å². The number of thioether (sulfide) groups is 3. The molecule has 7 rings (SSSR count). The zero-order valence-electron chi connectivity index (χ0n) is 33.5.